The van der Waals surface area contributed by atoms with Gasteiger partial charge in [-0.15, -0.1) is 0 Å². The minimum absolute atomic E-state index is 0.154. The zero-order chi connectivity index (χ0) is 16.0. The summed E-state index contributed by atoms with van der Waals surface area (Å²) in [6.07, 6.45) is 0.421. The number of hydrogen-bond acceptors (Lipinski definition) is 4. The van der Waals surface area contributed by atoms with E-state index in [4.69, 9.17) is 4.74 Å². The smallest absolute Gasteiger partial charge is 0.260 e. The van der Waals surface area contributed by atoms with Crippen molar-refractivity contribution in [3.05, 3.63) is 29.3 Å². The van der Waals surface area contributed by atoms with Crippen LogP contribution in [-0.2, 0) is 14.8 Å². The number of nitrogens with one attached hydrogen (secondary N) is 2. The van der Waals surface area contributed by atoms with Crippen LogP contribution < -0.4 is 14.8 Å². The fourth-order valence-corrected chi connectivity index (χ4v) is 2.12. The number of amides is 1. The largest absolute Gasteiger partial charge is 0.481 e. The second-order valence-electron chi connectivity index (χ2n) is 4.99. The van der Waals surface area contributed by atoms with Crippen molar-refractivity contribution < 1.29 is 17.9 Å². The van der Waals surface area contributed by atoms with E-state index in [-0.39, 0.29) is 19.0 Å². The number of sulfonamides is 1. The number of carbonyl (C=O) groups is 1. The standard InChI is InChI=1S/C14H22N2O4S/c1-10-5-6-11(2)13(9-10)20-12(3)14(17)15-7-8-16-21(4,18)19/h5-6,9,12,16H,7-8H2,1-4H3,(H,15,17)/t12-/m0/s1. The predicted molar refractivity (Wildman–Crippen MR) is 81.9 cm³/mol. The molecule has 0 fully saturated rings. The highest BCUT2D eigenvalue weighted by atomic mass is 32.2. The summed E-state index contributed by atoms with van der Waals surface area (Å²) >= 11 is 0. The fourth-order valence-electron chi connectivity index (χ4n) is 1.64. The molecule has 1 rings (SSSR count). The third-order valence-electron chi connectivity index (χ3n) is 2.81. The van der Waals surface area contributed by atoms with Crippen LogP contribution in [0, 0.1) is 13.8 Å². The fraction of sp³-hybridized carbons (Fsp3) is 0.500. The number of hydrogen-bond donors (Lipinski definition) is 2. The minimum atomic E-state index is -3.23. The lowest BCUT2D eigenvalue weighted by atomic mass is 10.1. The molecule has 0 aliphatic carbocycles. The molecule has 0 saturated carbocycles. The summed E-state index contributed by atoms with van der Waals surface area (Å²) in [6.45, 7) is 5.89. The van der Waals surface area contributed by atoms with Crippen LogP contribution in [0.25, 0.3) is 0 Å². The third-order valence-corrected chi connectivity index (χ3v) is 3.53. The maximum Gasteiger partial charge on any atom is 0.260 e. The Hall–Kier alpha value is -1.60. The Morgan fingerprint density at radius 3 is 2.57 bits per heavy atom. The molecule has 1 amide bonds. The molecule has 2 N–H and O–H groups in total. The van der Waals surface area contributed by atoms with Crippen LogP contribution in [0.4, 0.5) is 0 Å². The Balaban J connectivity index is 2.46. The molecular formula is C14H22N2O4S. The Morgan fingerprint density at radius 1 is 1.29 bits per heavy atom. The van der Waals surface area contributed by atoms with E-state index in [0.29, 0.717) is 5.75 Å². The molecule has 21 heavy (non-hydrogen) atoms. The molecule has 0 aromatic heterocycles. The van der Waals surface area contributed by atoms with Crippen molar-refractivity contribution in [3.8, 4) is 5.75 Å². The average molecular weight is 314 g/mol. The van der Waals surface area contributed by atoms with E-state index in [0.717, 1.165) is 17.4 Å². The lowest BCUT2D eigenvalue weighted by Crippen LogP contribution is -2.40. The molecule has 0 radical (unpaired) electrons. The summed E-state index contributed by atoms with van der Waals surface area (Å²) in [6, 6.07) is 5.79. The van der Waals surface area contributed by atoms with Crippen molar-refractivity contribution in [3.63, 3.8) is 0 Å². The second kappa shape index (κ2) is 7.42. The van der Waals surface area contributed by atoms with Crippen LogP contribution in [0.1, 0.15) is 18.1 Å². The van der Waals surface area contributed by atoms with Crippen molar-refractivity contribution in [2.45, 2.75) is 26.9 Å². The van der Waals surface area contributed by atoms with E-state index in [9.17, 15) is 13.2 Å². The maximum absolute atomic E-state index is 11.9. The van der Waals surface area contributed by atoms with Gasteiger partial charge in [-0.2, -0.15) is 0 Å². The second-order valence-corrected chi connectivity index (χ2v) is 6.82. The van der Waals surface area contributed by atoms with Gasteiger partial charge in [-0.05, 0) is 38.0 Å². The van der Waals surface area contributed by atoms with Gasteiger partial charge in [0.1, 0.15) is 5.75 Å². The van der Waals surface area contributed by atoms with Crippen LogP contribution in [0.5, 0.6) is 5.75 Å². The zero-order valence-electron chi connectivity index (χ0n) is 12.8. The Labute approximate surface area is 125 Å². The summed E-state index contributed by atoms with van der Waals surface area (Å²) in [4.78, 5) is 11.9. The first-order valence-corrected chi connectivity index (χ1v) is 8.54. The number of benzene rings is 1. The number of rotatable bonds is 7. The highest BCUT2D eigenvalue weighted by Crippen LogP contribution is 2.20. The summed E-state index contributed by atoms with van der Waals surface area (Å²) in [7, 11) is -3.23. The van der Waals surface area contributed by atoms with Gasteiger partial charge in [0.25, 0.3) is 5.91 Å². The van der Waals surface area contributed by atoms with Crippen LogP contribution >= 0.6 is 0 Å². The summed E-state index contributed by atoms with van der Waals surface area (Å²) in [5.74, 6) is 0.387. The molecule has 0 aliphatic heterocycles. The van der Waals surface area contributed by atoms with E-state index in [1.54, 1.807) is 6.92 Å². The average Bonchev–Trinajstić information content (AvgIpc) is 2.37. The molecule has 0 aliphatic rings. The highest BCUT2D eigenvalue weighted by molar-refractivity contribution is 7.88. The lowest BCUT2D eigenvalue weighted by molar-refractivity contribution is -0.127. The quantitative estimate of drug-likeness (QED) is 0.727. The molecule has 7 heteroatoms. The first-order chi connectivity index (χ1) is 9.69. The monoisotopic (exact) mass is 314 g/mol. The molecule has 1 atom stereocenters. The van der Waals surface area contributed by atoms with Gasteiger partial charge in [-0.25, -0.2) is 13.1 Å². The first-order valence-electron chi connectivity index (χ1n) is 6.65. The van der Waals surface area contributed by atoms with Crippen LogP contribution in [0.15, 0.2) is 18.2 Å². The SMILES string of the molecule is Cc1ccc(C)c(O[C@@H](C)C(=O)NCCNS(C)(=O)=O)c1. The topological polar surface area (TPSA) is 84.5 Å². The van der Waals surface area contributed by atoms with E-state index in [1.807, 2.05) is 32.0 Å². The van der Waals surface area contributed by atoms with Crippen LogP contribution in [0.3, 0.4) is 0 Å². The molecule has 1 aromatic carbocycles. The van der Waals surface area contributed by atoms with Crippen molar-refractivity contribution in [2.24, 2.45) is 0 Å². The molecule has 0 spiro atoms. The van der Waals surface area contributed by atoms with Gasteiger partial charge in [-0.1, -0.05) is 12.1 Å². The van der Waals surface area contributed by atoms with Gasteiger partial charge in [-0.3, -0.25) is 4.79 Å². The van der Waals surface area contributed by atoms with Gasteiger partial charge in [0.2, 0.25) is 10.0 Å². The van der Waals surface area contributed by atoms with Gasteiger partial charge < -0.3 is 10.1 Å². The molecule has 0 saturated heterocycles. The molecule has 118 valence electrons. The van der Waals surface area contributed by atoms with Crippen LogP contribution in [0.2, 0.25) is 0 Å². The minimum Gasteiger partial charge on any atom is -0.481 e. The van der Waals surface area contributed by atoms with Gasteiger partial charge in [0, 0.05) is 13.1 Å². The van der Waals surface area contributed by atoms with Crippen molar-refractivity contribution in [2.75, 3.05) is 19.3 Å². The van der Waals surface area contributed by atoms with Crippen molar-refractivity contribution in [1.82, 2.24) is 10.0 Å². The van der Waals surface area contributed by atoms with E-state index in [1.165, 1.54) is 0 Å². The van der Waals surface area contributed by atoms with E-state index in [2.05, 4.69) is 10.0 Å². The summed E-state index contributed by atoms with van der Waals surface area (Å²) < 4.78 is 29.7. The number of ether oxygens (including phenoxy) is 1. The van der Waals surface area contributed by atoms with Gasteiger partial charge in [0.05, 0.1) is 6.26 Å². The highest BCUT2D eigenvalue weighted by Gasteiger charge is 2.15. The number of carbonyl (C=O) groups excluding carboxylic acids is 1. The maximum atomic E-state index is 11.9. The Morgan fingerprint density at radius 2 is 1.95 bits per heavy atom. The molecule has 0 unspecified atom stereocenters. The zero-order valence-corrected chi connectivity index (χ0v) is 13.6. The van der Waals surface area contributed by atoms with E-state index >= 15 is 0 Å². The molecule has 1 aromatic rings. The molecule has 0 bridgehead atoms. The molecule has 0 heterocycles. The number of aryl methyl sites for hydroxylation is 2. The lowest BCUT2D eigenvalue weighted by Gasteiger charge is -2.16. The Bertz CT molecular complexity index is 599. The van der Waals surface area contributed by atoms with Gasteiger partial charge >= 0.3 is 0 Å². The summed E-state index contributed by atoms with van der Waals surface area (Å²) in [5, 5.41) is 2.62. The first kappa shape index (κ1) is 17.5. The molecular weight excluding hydrogens is 292 g/mol. The summed E-state index contributed by atoms with van der Waals surface area (Å²) in [5.41, 5.74) is 2.01. The third kappa shape index (κ3) is 6.59. The predicted octanol–water partition coefficient (Wildman–Crippen LogP) is 0.736. The van der Waals surface area contributed by atoms with Crippen molar-refractivity contribution in [1.29, 1.82) is 0 Å². The molecule has 6 nitrogen and oxygen atoms in total. The van der Waals surface area contributed by atoms with Gasteiger partial charge in [0.15, 0.2) is 6.10 Å². The van der Waals surface area contributed by atoms with Crippen molar-refractivity contribution >= 4 is 15.9 Å². The van der Waals surface area contributed by atoms with E-state index < -0.39 is 16.1 Å². The Kier molecular flexibility index (Phi) is 6.17. The van der Waals surface area contributed by atoms with Crippen LogP contribution in [-0.4, -0.2) is 39.8 Å². The normalized spacial score (nSPS) is 12.8.